The van der Waals surface area contributed by atoms with Gasteiger partial charge in [-0.15, -0.1) is 0 Å². The van der Waals surface area contributed by atoms with Gasteiger partial charge in [-0.2, -0.15) is 21.6 Å². The fourth-order valence-corrected chi connectivity index (χ4v) is 1.43. The Morgan fingerprint density at radius 2 is 1.53 bits per heavy atom. The lowest BCUT2D eigenvalue weighted by atomic mass is 10.3. The van der Waals surface area contributed by atoms with Crippen molar-refractivity contribution in [3.05, 3.63) is 28.2 Å². The van der Waals surface area contributed by atoms with E-state index in [0.717, 1.165) is 0 Å². The normalized spacial score (nSPS) is 12.6. The summed E-state index contributed by atoms with van der Waals surface area (Å²) >= 11 is 2.46. The van der Waals surface area contributed by atoms with Crippen molar-refractivity contribution >= 4 is 26.0 Å². The Kier molecular flexibility index (Phi) is 3.67. The van der Waals surface area contributed by atoms with Gasteiger partial charge in [-0.05, 0) is 15.9 Å². The second-order valence-corrected chi connectivity index (χ2v) is 5.01. The maximum atomic E-state index is 12.9. The molecule has 1 aromatic rings. The first-order valence-corrected chi connectivity index (χ1v) is 5.90. The highest BCUT2D eigenvalue weighted by molar-refractivity contribution is 9.10. The molecule has 0 radical (unpaired) electrons. The molecule has 17 heavy (non-hydrogen) atoms. The molecule has 3 nitrogen and oxygen atoms in total. The van der Waals surface area contributed by atoms with Crippen LogP contribution in [0.25, 0.3) is 0 Å². The van der Waals surface area contributed by atoms with Gasteiger partial charge in [0.25, 0.3) is 0 Å². The monoisotopic (exact) mass is 340 g/mol. The van der Waals surface area contributed by atoms with E-state index in [1.165, 1.54) is 0 Å². The average Bonchev–Trinajstić information content (AvgIpc) is 2.11. The largest absolute Gasteiger partial charge is 0.534 e. The van der Waals surface area contributed by atoms with Crippen LogP contribution in [0.5, 0.6) is 5.75 Å². The van der Waals surface area contributed by atoms with E-state index >= 15 is 0 Å². The molecule has 0 N–H and O–H groups in total. The first kappa shape index (κ1) is 14.2. The van der Waals surface area contributed by atoms with E-state index < -0.39 is 37.5 Å². The van der Waals surface area contributed by atoms with Crippen molar-refractivity contribution in [2.75, 3.05) is 0 Å². The maximum absolute atomic E-state index is 12.9. The van der Waals surface area contributed by atoms with Crippen LogP contribution in [0.15, 0.2) is 16.6 Å². The second-order valence-electron chi connectivity index (χ2n) is 2.68. The molecule has 0 spiro atoms. The molecule has 0 atom stereocenters. The van der Waals surface area contributed by atoms with E-state index in [2.05, 4.69) is 20.1 Å². The lowest BCUT2D eigenvalue weighted by Crippen LogP contribution is -2.28. The van der Waals surface area contributed by atoms with Gasteiger partial charge in [0, 0.05) is 12.1 Å². The first-order chi connectivity index (χ1) is 7.54. The number of halogens is 6. The molecule has 0 aliphatic heterocycles. The van der Waals surface area contributed by atoms with Gasteiger partial charge in [0.15, 0.2) is 0 Å². The molecular weight excluding hydrogens is 339 g/mol. The third-order valence-electron chi connectivity index (χ3n) is 1.45. The zero-order chi connectivity index (χ0) is 13.4. The molecule has 10 heteroatoms. The highest BCUT2D eigenvalue weighted by atomic mass is 79.9. The quantitative estimate of drug-likeness (QED) is 0.360. The highest BCUT2D eigenvalue weighted by Crippen LogP contribution is 2.30. The summed E-state index contributed by atoms with van der Waals surface area (Å²) in [4.78, 5) is 0. The van der Waals surface area contributed by atoms with Gasteiger partial charge in [0.1, 0.15) is 17.4 Å². The molecule has 0 bridgehead atoms. The number of hydrogen-bond donors (Lipinski definition) is 0. The first-order valence-electron chi connectivity index (χ1n) is 3.70. The minimum Gasteiger partial charge on any atom is -0.376 e. The number of benzene rings is 1. The Bertz CT molecular complexity index is 516. The van der Waals surface area contributed by atoms with Crippen LogP contribution in [0, 0.1) is 11.6 Å². The molecule has 0 heterocycles. The third kappa shape index (κ3) is 3.06. The van der Waals surface area contributed by atoms with E-state index in [1.807, 2.05) is 0 Å². The summed E-state index contributed by atoms with van der Waals surface area (Å²) in [6.07, 6.45) is 0. The fraction of sp³-hybridized carbons (Fsp3) is 0.143. The van der Waals surface area contributed by atoms with E-state index in [-0.39, 0.29) is 0 Å². The summed E-state index contributed by atoms with van der Waals surface area (Å²) in [6.45, 7) is 0. The van der Waals surface area contributed by atoms with Crippen LogP contribution in [-0.2, 0) is 10.1 Å². The molecule has 0 amide bonds. The van der Waals surface area contributed by atoms with E-state index in [0.29, 0.717) is 12.1 Å². The molecule has 0 aliphatic rings. The minimum atomic E-state index is -5.95. The molecule has 0 unspecified atom stereocenters. The topological polar surface area (TPSA) is 43.4 Å². The molecular formula is C7H2BrF5O3S. The molecule has 96 valence electrons. The zero-order valence-corrected chi connectivity index (χ0v) is 9.96. The molecule has 0 aliphatic carbocycles. The van der Waals surface area contributed by atoms with Gasteiger partial charge >= 0.3 is 15.6 Å². The van der Waals surface area contributed by atoms with Crippen LogP contribution in [-0.4, -0.2) is 13.9 Å². The molecule has 0 saturated carbocycles. The van der Waals surface area contributed by atoms with Crippen LogP contribution < -0.4 is 4.18 Å². The summed E-state index contributed by atoms with van der Waals surface area (Å²) in [5, 5.41) is 0. The molecule has 0 aromatic heterocycles. The average molecular weight is 341 g/mol. The summed E-state index contributed by atoms with van der Waals surface area (Å²) in [5.41, 5.74) is -5.67. The van der Waals surface area contributed by atoms with E-state index in [4.69, 9.17) is 0 Å². The summed E-state index contributed by atoms with van der Waals surface area (Å²) in [7, 11) is -5.95. The van der Waals surface area contributed by atoms with Crippen molar-refractivity contribution < 1.29 is 34.6 Å². The van der Waals surface area contributed by atoms with Crippen LogP contribution in [0.1, 0.15) is 0 Å². The SMILES string of the molecule is O=S(=O)(Oc1cc(F)c(Br)c(F)c1)C(F)(F)F. The lowest BCUT2D eigenvalue weighted by Gasteiger charge is -2.09. The smallest absolute Gasteiger partial charge is 0.376 e. The molecule has 0 fully saturated rings. The van der Waals surface area contributed by atoms with Gasteiger partial charge in [0.05, 0.1) is 4.47 Å². The van der Waals surface area contributed by atoms with Crippen molar-refractivity contribution in [1.29, 1.82) is 0 Å². The van der Waals surface area contributed by atoms with Gasteiger partial charge in [-0.3, -0.25) is 0 Å². The van der Waals surface area contributed by atoms with Crippen LogP contribution in [0.4, 0.5) is 22.0 Å². The summed E-state index contributed by atoms with van der Waals surface area (Å²) in [6, 6.07) is 0.604. The standard InChI is InChI=1S/C7H2BrF5O3S/c8-6-4(9)1-3(2-5(6)10)16-17(14,15)7(11,12)13/h1-2H. The molecule has 1 aromatic carbocycles. The number of rotatable bonds is 2. The number of alkyl halides is 3. The molecule has 0 saturated heterocycles. The molecule has 1 rings (SSSR count). The highest BCUT2D eigenvalue weighted by Gasteiger charge is 2.48. The summed E-state index contributed by atoms with van der Waals surface area (Å²) in [5.74, 6) is -3.70. The van der Waals surface area contributed by atoms with Gasteiger partial charge in [0.2, 0.25) is 0 Å². The second kappa shape index (κ2) is 4.41. The Morgan fingerprint density at radius 1 is 1.12 bits per heavy atom. The third-order valence-corrected chi connectivity index (χ3v) is 3.18. The van der Waals surface area contributed by atoms with Crippen molar-refractivity contribution in [3.8, 4) is 5.75 Å². The van der Waals surface area contributed by atoms with Crippen molar-refractivity contribution in [2.45, 2.75) is 5.51 Å². The zero-order valence-electron chi connectivity index (χ0n) is 7.56. The maximum Gasteiger partial charge on any atom is 0.534 e. The van der Waals surface area contributed by atoms with Crippen LogP contribution >= 0.6 is 15.9 Å². The van der Waals surface area contributed by atoms with Gasteiger partial charge in [-0.1, -0.05) is 0 Å². The Hall–Kier alpha value is -0.900. The summed E-state index contributed by atoms with van der Waals surface area (Å²) < 4.78 is 85.3. The lowest BCUT2D eigenvalue weighted by molar-refractivity contribution is -0.0500. The minimum absolute atomic E-state index is 0.302. The van der Waals surface area contributed by atoms with Crippen molar-refractivity contribution in [1.82, 2.24) is 0 Å². The van der Waals surface area contributed by atoms with Crippen molar-refractivity contribution in [2.24, 2.45) is 0 Å². The van der Waals surface area contributed by atoms with Crippen LogP contribution in [0.2, 0.25) is 0 Å². The predicted octanol–water partition coefficient (Wildman–Crippen LogP) is 2.96. The Labute approximate surface area is 100 Å². The predicted molar refractivity (Wildman–Crippen MR) is 49.7 cm³/mol. The van der Waals surface area contributed by atoms with Crippen LogP contribution in [0.3, 0.4) is 0 Å². The van der Waals surface area contributed by atoms with E-state index in [1.54, 1.807) is 0 Å². The fourth-order valence-electron chi connectivity index (χ4n) is 0.754. The van der Waals surface area contributed by atoms with Crippen molar-refractivity contribution in [3.63, 3.8) is 0 Å². The van der Waals surface area contributed by atoms with Gasteiger partial charge in [-0.25, -0.2) is 8.78 Å². The Balaban J connectivity index is 3.14. The van der Waals surface area contributed by atoms with Gasteiger partial charge < -0.3 is 4.18 Å². The Morgan fingerprint density at radius 3 is 1.88 bits per heavy atom. The number of hydrogen-bond acceptors (Lipinski definition) is 3. The van der Waals surface area contributed by atoms with E-state index in [9.17, 15) is 30.4 Å².